The van der Waals surface area contributed by atoms with Gasteiger partial charge >= 0.3 is 0 Å². The van der Waals surface area contributed by atoms with E-state index in [2.05, 4.69) is 10.3 Å². The van der Waals surface area contributed by atoms with Crippen molar-refractivity contribution < 1.29 is 14.4 Å². The van der Waals surface area contributed by atoms with E-state index in [-0.39, 0.29) is 23.3 Å². The maximum Gasteiger partial charge on any atom is 0.276 e. The Morgan fingerprint density at radius 2 is 1.80 bits per heavy atom. The van der Waals surface area contributed by atoms with E-state index < -0.39 is 0 Å². The fourth-order valence-electron chi connectivity index (χ4n) is 3.59. The van der Waals surface area contributed by atoms with Gasteiger partial charge in [0.05, 0.1) is 0 Å². The molecular formula is C24H21N3O3. The van der Waals surface area contributed by atoms with Crippen molar-refractivity contribution in [2.45, 2.75) is 19.8 Å². The third kappa shape index (κ3) is 3.98. The van der Waals surface area contributed by atoms with Crippen LogP contribution in [0.3, 0.4) is 0 Å². The predicted molar refractivity (Wildman–Crippen MR) is 115 cm³/mol. The highest BCUT2D eigenvalue weighted by molar-refractivity contribution is 6.09. The monoisotopic (exact) mass is 399 g/mol. The van der Waals surface area contributed by atoms with Crippen molar-refractivity contribution in [3.63, 3.8) is 0 Å². The van der Waals surface area contributed by atoms with E-state index >= 15 is 0 Å². The lowest BCUT2D eigenvalue weighted by molar-refractivity contribution is 0.0978. The molecule has 1 aliphatic rings. The van der Waals surface area contributed by atoms with Crippen molar-refractivity contribution in [2.75, 3.05) is 16.8 Å². The van der Waals surface area contributed by atoms with Crippen LogP contribution in [-0.2, 0) is 6.42 Å². The van der Waals surface area contributed by atoms with Gasteiger partial charge in [-0.25, -0.2) is 0 Å². The molecule has 0 bridgehead atoms. The molecule has 2 heterocycles. The first kappa shape index (κ1) is 19.5. The normalized spacial score (nSPS) is 12.8. The summed E-state index contributed by atoms with van der Waals surface area (Å²) in [6, 6.07) is 17.6. The molecule has 6 nitrogen and oxygen atoms in total. The predicted octanol–water partition coefficient (Wildman–Crippen LogP) is 4.13. The Morgan fingerprint density at radius 3 is 2.63 bits per heavy atom. The number of benzene rings is 2. The number of aromatic nitrogens is 1. The van der Waals surface area contributed by atoms with Gasteiger partial charge < -0.3 is 10.2 Å². The van der Waals surface area contributed by atoms with Gasteiger partial charge in [0.1, 0.15) is 5.69 Å². The molecule has 3 aromatic rings. The summed E-state index contributed by atoms with van der Waals surface area (Å²) < 4.78 is 0. The van der Waals surface area contributed by atoms with Crippen molar-refractivity contribution in [2.24, 2.45) is 0 Å². The number of para-hydroxylation sites is 1. The SMILES string of the molecule is CC(=O)c1cccc(NC(=O)c2ccnc(C(=O)N3CCCc4ccccc43)c2)c1. The van der Waals surface area contributed by atoms with Crippen LogP contribution in [0.1, 0.15) is 50.1 Å². The molecule has 6 heteroatoms. The highest BCUT2D eigenvalue weighted by atomic mass is 16.2. The zero-order chi connectivity index (χ0) is 21.1. The summed E-state index contributed by atoms with van der Waals surface area (Å²) in [5.74, 6) is -0.675. The smallest absolute Gasteiger partial charge is 0.276 e. The Morgan fingerprint density at radius 1 is 0.967 bits per heavy atom. The lowest BCUT2D eigenvalue weighted by atomic mass is 10.0. The van der Waals surface area contributed by atoms with E-state index in [1.54, 1.807) is 35.2 Å². The molecule has 0 saturated heterocycles. The van der Waals surface area contributed by atoms with Crippen LogP contribution in [0.5, 0.6) is 0 Å². The molecule has 0 unspecified atom stereocenters. The van der Waals surface area contributed by atoms with Crippen LogP contribution >= 0.6 is 0 Å². The van der Waals surface area contributed by atoms with Crippen LogP contribution in [0, 0.1) is 0 Å². The second kappa shape index (κ2) is 8.29. The van der Waals surface area contributed by atoms with Crippen LogP contribution in [0.4, 0.5) is 11.4 Å². The van der Waals surface area contributed by atoms with Crippen molar-refractivity contribution in [1.29, 1.82) is 0 Å². The van der Waals surface area contributed by atoms with E-state index in [9.17, 15) is 14.4 Å². The number of pyridine rings is 1. The Balaban J connectivity index is 1.56. The van der Waals surface area contributed by atoms with E-state index in [0.717, 1.165) is 24.1 Å². The number of hydrogen-bond donors (Lipinski definition) is 1. The zero-order valence-corrected chi connectivity index (χ0v) is 16.6. The summed E-state index contributed by atoms with van der Waals surface area (Å²) >= 11 is 0. The van der Waals surface area contributed by atoms with Crippen molar-refractivity contribution >= 4 is 29.0 Å². The summed E-state index contributed by atoms with van der Waals surface area (Å²) in [4.78, 5) is 43.3. The molecule has 1 N–H and O–H groups in total. The van der Waals surface area contributed by atoms with Crippen LogP contribution in [0.25, 0.3) is 0 Å². The van der Waals surface area contributed by atoms with Crippen molar-refractivity contribution in [1.82, 2.24) is 4.98 Å². The van der Waals surface area contributed by atoms with Crippen molar-refractivity contribution in [3.05, 3.63) is 89.2 Å². The molecule has 0 saturated carbocycles. The highest BCUT2D eigenvalue weighted by Crippen LogP contribution is 2.28. The number of nitrogens with one attached hydrogen (secondary N) is 1. The zero-order valence-electron chi connectivity index (χ0n) is 16.6. The van der Waals surface area contributed by atoms with Crippen molar-refractivity contribution in [3.8, 4) is 0 Å². The van der Waals surface area contributed by atoms with E-state index in [1.807, 2.05) is 24.3 Å². The molecule has 2 amide bonds. The largest absolute Gasteiger partial charge is 0.322 e. The summed E-state index contributed by atoms with van der Waals surface area (Å²) in [5, 5.41) is 2.77. The first-order valence-electron chi connectivity index (χ1n) is 9.81. The van der Waals surface area contributed by atoms with Gasteiger partial charge in [-0.05, 0) is 55.7 Å². The number of nitrogens with zero attached hydrogens (tertiary/aromatic N) is 2. The minimum Gasteiger partial charge on any atom is -0.322 e. The number of hydrogen-bond acceptors (Lipinski definition) is 4. The van der Waals surface area contributed by atoms with E-state index in [1.165, 1.54) is 19.2 Å². The van der Waals surface area contributed by atoms with Gasteiger partial charge in [-0.15, -0.1) is 0 Å². The summed E-state index contributed by atoms with van der Waals surface area (Å²) in [6.45, 7) is 2.09. The lowest BCUT2D eigenvalue weighted by Gasteiger charge is -2.29. The Labute approximate surface area is 174 Å². The average Bonchev–Trinajstić information content (AvgIpc) is 2.78. The maximum atomic E-state index is 13.1. The first-order chi connectivity index (χ1) is 14.5. The van der Waals surface area contributed by atoms with E-state index in [0.29, 0.717) is 23.4 Å². The minimum absolute atomic E-state index is 0.0790. The van der Waals surface area contributed by atoms with Gasteiger partial charge in [-0.3, -0.25) is 19.4 Å². The molecule has 0 fully saturated rings. The fourth-order valence-corrected chi connectivity index (χ4v) is 3.59. The Bertz CT molecular complexity index is 1140. The topological polar surface area (TPSA) is 79.4 Å². The van der Waals surface area contributed by atoms with Gasteiger partial charge in [0, 0.05) is 35.2 Å². The van der Waals surface area contributed by atoms with Gasteiger partial charge in [0.15, 0.2) is 5.78 Å². The molecule has 4 rings (SSSR count). The summed E-state index contributed by atoms with van der Waals surface area (Å²) in [7, 11) is 0. The number of anilines is 2. The van der Waals surface area contributed by atoms with Gasteiger partial charge in [0.2, 0.25) is 0 Å². The van der Waals surface area contributed by atoms with Gasteiger partial charge in [-0.1, -0.05) is 30.3 Å². The lowest BCUT2D eigenvalue weighted by Crippen LogP contribution is -2.36. The summed E-state index contributed by atoms with van der Waals surface area (Å²) in [5.41, 5.74) is 3.61. The molecular weight excluding hydrogens is 378 g/mol. The highest BCUT2D eigenvalue weighted by Gasteiger charge is 2.24. The number of aryl methyl sites for hydroxylation is 1. The van der Waals surface area contributed by atoms with Gasteiger partial charge in [0.25, 0.3) is 11.8 Å². The number of carbonyl (C=O) groups excluding carboxylic acids is 3. The number of ketones is 1. The summed E-state index contributed by atoms with van der Waals surface area (Å²) in [6.07, 6.45) is 3.29. The standard InChI is InChI=1S/C24H21N3O3/c1-16(28)18-7-4-9-20(14-18)26-23(29)19-11-12-25-21(15-19)24(30)27-13-5-8-17-6-2-3-10-22(17)27/h2-4,6-7,9-12,14-15H,5,8,13H2,1H3,(H,26,29). The second-order valence-corrected chi connectivity index (χ2v) is 7.21. The average molecular weight is 399 g/mol. The second-order valence-electron chi connectivity index (χ2n) is 7.21. The molecule has 1 aromatic heterocycles. The van der Waals surface area contributed by atoms with Crippen LogP contribution in [-0.4, -0.2) is 29.1 Å². The number of Topliss-reactive ketones (excluding diaryl/α,β-unsaturated/α-hetero) is 1. The number of amides is 2. The number of rotatable bonds is 4. The first-order valence-corrected chi connectivity index (χ1v) is 9.81. The molecule has 30 heavy (non-hydrogen) atoms. The van der Waals surface area contributed by atoms with Gasteiger partial charge in [-0.2, -0.15) is 0 Å². The molecule has 2 aromatic carbocycles. The molecule has 0 aliphatic carbocycles. The third-order valence-electron chi connectivity index (χ3n) is 5.12. The third-order valence-corrected chi connectivity index (χ3v) is 5.12. The molecule has 0 spiro atoms. The maximum absolute atomic E-state index is 13.1. The molecule has 0 radical (unpaired) electrons. The number of fused-ring (bicyclic) bond motifs is 1. The van der Waals surface area contributed by atoms with Crippen LogP contribution < -0.4 is 10.2 Å². The molecule has 0 atom stereocenters. The Kier molecular flexibility index (Phi) is 5.39. The molecule has 1 aliphatic heterocycles. The molecule has 150 valence electrons. The number of carbonyl (C=O) groups is 3. The fraction of sp³-hybridized carbons (Fsp3) is 0.167. The Hall–Kier alpha value is -3.80. The van der Waals surface area contributed by atoms with Crippen LogP contribution in [0.2, 0.25) is 0 Å². The van der Waals surface area contributed by atoms with E-state index in [4.69, 9.17) is 0 Å². The van der Waals surface area contributed by atoms with Crippen LogP contribution in [0.15, 0.2) is 66.9 Å². The quantitative estimate of drug-likeness (QED) is 0.669. The minimum atomic E-state index is -0.369.